The Labute approximate surface area is 120 Å². The van der Waals surface area contributed by atoms with Gasteiger partial charge in [0.1, 0.15) is 10.6 Å². The van der Waals surface area contributed by atoms with Crippen molar-refractivity contribution in [2.45, 2.75) is 31.6 Å². The number of methoxy groups -OCH3 is 1. The van der Waals surface area contributed by atoms with Gasteiger partial charge in [-0.05, 0) is 36.3 Å². The van der Waals surface area contributed by atoms with E-state index in [0.29, 0.717) is 18.2 Å². The summed E-state index contributed by atoms with van der Waals surface area (Å²) in [7, 11) is -2.14. The van der Waals surface area contributed by atoms with Gasteiger partial charge in [-0.2, -0.15) is 0 Å². The van der Waals surface area contributed by atoms with Crippen LogP contribution in [0.25, 0.3) is 0 Å². The van der Waals surface area contributed by atoms with Crippen molar-refractivity contribution in [1.82, 2.24) is 4.72 Å². The van der Waals surface area contributed by atoms with Crippen molar-refractivity contribution >= 4 is 15.7 Å². The van der Waals surface area contributed by atoms with Gasteiger partial charge < -0.3 is 10.5 Å². The quantitative estimate of drug-likeness (QED) is 0.787. The molecule has 0 heterocycles. The van der Waals surface area contributed by atoms with Crippen molar-refractivity contribution in [3.63, 3.8) is 0 Å². The molecule has 1 aliphatic carbocycles. The van der Waals surface area contributed by atoms with Gasteiger partial charge in [-0.15, -0.1) is 0 Å². The van der Waals surface area contributed by atoms with Crippen molar-refractivity contribution in [3.8, 4) is 5.75 Å². The van der Waals surface area contributed by atoms with Crippen molar-refractivity contribution < 1.29 is 13.2 Å². The van der Waals surface area contributed by atoms with Gasteiger partial charge in [-0.1, -0.05) is 13.8 Å². The molecule has 0 spiro atoms. The first-order chi connectivity index (χ1) is 9.31. The third-order valence-electron chi connectivity index (χ3n) is 4.21. The molecule has 0 radical (unpaired) electrons. The van der Waals surface area contributed by atoms with Gasteiger partial charge in [0.25, 0.3) is 0 Å². The van der Waals surface area contributed by atoms with Crippen LogP contribution >= 0.6 is 0 Å². The van der Waals surface area contributed by atoms with Crippen molar-refractivity contribution in [2.24, 2.45) is 11.3 Å². The summed E-state index contributed by atoms with van der Waals surface area (Å²) < 4.78 is 32.6. The zero-order valence-corrected chi connectivity index (χ0v) is 13.0. The highest BCUT2D eigenvalue weighted by Gasteiger charge is 2.45. The summed E-state index contributed by atoms with van der Waals surface area (Å²) in [6, 6.07) is 4.56. The maximum atomic E-state index is 12.4. The van der Waals surface area contributed by atoms with E-state index in [1.54, 1.807) is 6.07 Å². The number of anilines is 1. The van der Waals surface area contributed by atoms with Crippen LogP contribution in [0.1, 0.15) is 26.7 Å². The standard InChI is InChI=1S/C14H22N2O3S/c1-10(2)14(6-7-14)9-16-20(17,18)13-5-4-11(15)8-12(13)19-3/h4-5,8,10,16H,6-7,9,15H2,1-3H3. The SMILES string of the molecule is COc1cc(N)ccc1S(=O)(=O)NCC1(C(C)C)CC1. The van der Waals surface area contributed by atoms with Crippen LogP contribution in [0.15, 0.2) is 23.1 Å². The number of ether oxygens (including phenoxy) is 1. The minimum Gasteiger partial charge on any atom is -0.495 e. The Morgan fingerprint density at radius 1 is 1.40 bits per heavy atom. The van der Waals surface area contributed by atoms with Crippen molar-refractivity contribution in [1.29, 1.82) is 0 Å². The molecule has 0 aliphatic heterocycles. The van der Waals surface area contributed by atoms with E-state index in [2.05, 4.69) is 18.6 Å². The van der Waals surface area contributed by atoms with Gasteiger partial charge in [0.05, 0.1) is 7.11 Å². The van der Waals surface area contributed by atoms with Crippen LogP contribution in [0.2, 0.25) is 0 Å². The number of nitrogen functional groups attached to an aromatic ring is 1. The summed E-state index contributed by atoms with van der Waals surface area (Å²) in [6.07, 6.45) is 2.15. The Bertz CT molecular complexity index is 592. The second-order valence-corrected chi connectivity index (χ2v) is 7.49. The highest BCUT2D eigenvalue weighted by molar-refractivity contribution is 7.89. The van der Waals surface area contributed by atoms with Crippen LogP contribution in [0, 0.1) is 11.3 Å². The minimum absolute atomic E-state index is 0.119. The lowest BCUT2D eigenvalue weighted by Gasteiger charge is -2.20. The molecule has 1 fully saturated rings. The first kappa shape index (κ1) is 15.1. The van der Waals surface area contributed by atoms with Gasteiger partial charge in [0.15, 0.2) is 0 Å². The molecule has 1 saturated carbocycles. The van der Waals surface area contributed by atoms with Gasteiger partial charge >= 0.3 is 0 Å². The highest BCUT2D eigenvalue weighted by atomic mass is 32.2. The summed E-state index contributed by atoms with van der Waals surface area (Å²) in [5.41, 5.74) is 6.24. The molecule has 0 amide bonds. The summed E-state index contributed by atoms with van der Waals surface area (Å²) in [4.78, 5) is 0.133. The Morgan fingerprint density at radius 2 is 2.05 bits per heavy atom. The maximum absolute atomic E-state index is 12.4. The average Bonchev–Trinajstić information content (AvgIpc) is 3.17. The minimum atomic E-state index is -3.58. The number of nitrogens with one attached hydrogen (secondary N) is 1. The normalized spacial score (nSPS) is 17.2. The van der Waals surface area contributed by atoms with Crippen LogP contribution in [-0.2, 0) is 10.0 Å². The fraction of sp³-hybridized carbons (Fsp3) is 0.571. The van der Waals surface area contributed by atoms with Crippen LogP contribution < -0.4 is 15.2 Å². The van der Waals surface area contributed by atoms with Gasteiger partial charge in [-0.3, -0.25) is 0 Å². The van der Waals surface area contributed by atoms with Gasteiger partial charge in [-0.25, -0.2) is 13.1 Å². The Kier molecular flexibility index (Phi) is 3.97. The van der Waals surface area contributed by atoms with Crippen molar-refractivity contribution in [3.05, 3.63) is 18.2 Å². The van der Waals surface area contributed by atoms with Crippen LogP contribution in [0.3, 0.4) is 0 Å². The number of hydrogen-bond donors (Lipinski definition) is 2. The van der Waals surface area contributed by atoms with E-state index < -0.39 is 10.0 Å². The summed E-state index contributed by atoms with van der Waals surface area (Å²) >= 11 is 0. The molecular formula is C14H22N2O3S. The van der Waals surface area contributed by atoms with E-state index in [1.807, 2.05) is 0 Å². The topological polar surface area (TPSA) is 81.4 Å². The van der Waals surface area contributed by atoms with Gasteiger partial charge in [0, 0.05) is 18.3 Å². The summed E-state index contributed by atoms with van der Waals surface area (Å²) in [5.74, 6) is 0.741. The first-order valence-corrected chi connectivity index (χ1v) is 8.22. The van der Waals surface area contributed by atoms with E-state index in [0.717, 1.165) is 12.8 Å². The molecule has 6 heteroatoms. The van der Waals surface area contributed by atoms with E-state index in [4.69, 9.17) is 10.5 Å². The Balaban J connectivity index is 2.19. The predicted octanol–water partition coefficient (Wildman–Crippen LogP) is 1.99. The summed E-state index contributed by atoms with van der Waals surface area (Å²) in [6.45, 7) is 4.73. The van der Waals surface area contributed by atoms with E-state index in [1.165, 1.54) is 19.2 Å². The molecule has 20 heavy (non-hydrogen) atoms. The number of sulfonamides is 1. The molecule has 5 nitrogen and oxygen atoms in total. The molecule has 1 aliphatic rings. The van der Waals surface area contributed by atoms with Gasteiger partial charge in [0.2, 0.25) is 10.0 Å². The fourth-order valence-electron chi connectivity index (χ4n) is 2.34. The molecule has 0 unspecified atom stereocenters. The Hall–Kier alpha value is -1.27. The number of rotatable bonds is 6. The molecule has 1 aromatic rings. The average molecular weight is 298 g/mol. The Morgan fingerprint density at radius 3 is 2.55 bits per heavy atom. The summed E-state index contributed by atoms with van der Waals surface area (Å²) in [5, 5.41) is 0. The molecule has 1 aromatic carbocycles. The predicted molar refractivity (Wildman–Crippen MR) is 79.1 cm³/mol. The monoisotopic (exact) mass is 298 g/mol. The lowest BCUT2D eigenvalue weighted by Crippen LogP contribution is -2.32. The van der Waals surface area contributed by atoms with Crippen LogP contribution in [0.5, 0.6) is 5.75 Å². The molecule has 0 saturated heterocycles. The molecule has 112 valence electrons. The lowest BCUT2D eigenvalue weighted by molar-refractivity contribution is 0.357. The van der Waals surface area contributed by atoms with Crippen LogP contribution in [0.4, 0.5) is 5.69 Å². The molecule has 3 N–H and O–H groups in total. The maximum Gasteiger partial charge on any atom is 0.244 e. The van der Waals surface area contributed by atoms with E-state index in [-0.39, 0.29) is 16.1 Å². The number of nitrogens with two attached hydrogens (primary N) is 1. The number of hydrogen-bond acceptors (Lipinski definition) is 4. The molecular weight excluding hydrogens is 276 g/mol. The zero-order chi connectivity index (χ0) is 15.0. The second kappa shape index (κ2) is 5.26. The van der Waals surface area contributed by atoms with E-state index >= 15 is 0 Å². The highest BCUT2D eigenvalue weighted by Crippen LogP contribution is 2.51. The van der Waals surface area contributed by atoms with Crippen LogP contribution in [-0.4, -0.2) is 22.1 Å². The zero-order valence-electron chi connectivity index (χ0n) is 12.1. The second-order valence-electron chi connectivity index (χ2n) is 5.75. The van der Waals surface area contributed by atoms with E-state index in [9.17, 15) is 8.42 Å². The first-order valence-electron chi connectivity index (χ1n) is 6.74. The third kappa shape index (κ3) is 2.91. The largest absolute Gasteiger partial charge is 0.495 e. The molecule has 0 bridgehead atoms. The third-order valence-corrected chi connectivity index (χ3v) is 5.65. The lowest BCUT2D eigenvalue weighted by atomic mass is 9.93. The smallest absolute Gasteiger partial charge is 0.244 e. The fourth-order valence-corrected chi connectivity index (χ4v) is 3.63. The molecule has 0 atom stereocenters. The molecule has 0 aromatic heterocycles. The van der Waals surface area contributed by atoms with Crippen molar-refractivity contribution in [2.75, 3.05) is 19.4 Å². The molecule has 2 rings (SSSR count). The number of benzene rings is 1.